The average molecular weight is 217 g/mol. The second-order valence-electron chi connectivity index (χ2n) is 5.26. The fourth-order valence-corrected chi connectivity index (χ4v) is 2.79. The first kappa shape index (κ1) is 11.5. The van der Waals surface area contributed by atoms with Gasteiger partial charge >= 0.3 is 0 Å². The third kappa shape index (κ3) is 3.01. The topological polar surface area (TPSA) is 26.0 Å². The fraction of sp³-hybridized carbons (Fsp3) is 0.600. The number of nitrogen functional groups attached to an aromatic ring is 1. The number of hydrogen-bond donors (Lipinski definition) is 1. The Hall–Kier alpha value is -0.980. The zero-order chi connectivity index (χ0) is 11.4. The molecular formula is C15H23N. The Kier molecular flexibility index (Phi) is 3.87. The van der Waals surface area contributed by atoms with Gasteiger partial charge in [-0.2, -0.15) is 0 Å². The molecule has 1 aliphatic carbocycles. The van der Waals surface area contributed by atoms with E-state index in [4.69, 9.17) is 5.73 Å². The minimum absolute atomic E-state index is 0.867. The van der Waals surface area contributed by atoms with Crippen LogP contribution >= 0.6 is 0 Å². The van der Waals surface area contributed by atoms with Crippen molar-refractivity contribution >= 4 is 5.69 Å². The Morgan fingerprint density at radius 2 is 1.81 bits per heavy atom. The monoisotopic (exact) mass is 217 g/mol. The van der Waals surface area contributed by atoms with E-state index in [9.17, 15) is 0 Å². The van der Waals surface area contributed by atoms with E-state index in [0.717, 1.165) is 11.6 Å². The molecule has 0 spiro atoms. The van der Waals surface area contributed by atoms with E-state index in [0.29, 0.717) is 0 Å². The largest absolute Gasteiger partial charge is 0.399 e. The highest BCUT2D eigenvalue weighted by atomic mass is 14.6. The van der Waals surface area contributed by atoms with Gasteiger partial charge in [0, 0.05) is 5.69 Å². The van der Waals surface area contributed by atoms with E-state index >= 15 is 0 Å². The molecule has 1 aromatic carbocycles. The van der Waals surface area contributed by atoms with Crippen molar-refractivity contribution in [3.63, 3.8) is 0 Å². The van der Waals surface area contributed by atoms with Gasteiger partial charge in [-0.25, -0.2) is 0 Å². The van der Waals surface area contributed by atoms with Crippen LogP contribution in [0, 0.1) is 12.8 Å². The van der Waals surface area contributed by atoms with Gasteiger partial charge in [0.15, 0.2) is 0 Å². The number of hydrogen-bond acceptors (Lipinski definition) is 1. The Bertz CT molecular complexity index is 335. The fourth-order valence-electron chi connectivity index (χ4n) is 2.79. The van der Waals surface area contributed by atoms with Gasteiger partial charge < -0.3 is 5.73 Å². The van der Waals surface area contributed by atoms with Crippen LogP contribution in [0.25, 0.3) is 0 Å². The van der Waals surface area contributed by atoms with E-state index < -0.39 is 0 Å². The average Bonchev–Trinajstić information content (AvgIpc) is 2.52. The van der Waals surface area contributed by atoms with E-state index in [1.807, 2.05) is 0 Å². The first-order valence-electron chi connectivity index (χ1n) is 6.61. The molecule has 0 bridgehead atoms. The minimum atomic E-state index is 0.867. The maximum absolute atomic E-state index is 6.05. The van der Waals surface area contributed by atoms with Gasteiger partial charge in [-0.05, 0) is 30.9 Å². The highest BCUT2D eigenvalue weighted by Gasteiger charge is 2.14. The van der Waals surface area contributed by atoms with Crippen LogP contribution in [0.1, 0.15) is 49.7 Å². The summed E-state index contributed by atoms with van der Waals surface area (Å²) in [6.07, 6.45) is 9.67. The molecule has 16 heavy (non-hydrogen) atoms. The third-order valence-corrected chi connectivity index (χ3v) is 3.78. The van der Waals surface area contributed by atoms with Crippen LogP contribution in [0.15, 0.2) is 18.2 Å². The molecule has 1 saturated carbocycles. The first-order chi connectivity index (χ1) is 7.75. The zero-order valence-corrected chi connectivity index (χ0v) is 10.3. The van der Waals surface area contributed by atoms with Gasteiger partial charge in [-0.15, -0.1) is 0 Å². The lowest BCUT2D eigenvalue weighted by Gasteiger charge is -2.15. The Morgan fingerprint density at radius 3 is 2.50 bits per heavy atom. The van der Waals surface area contributed by atoms with E-state index in [2.05, 4.69) is 25.1 Å². The second-order valence-corrected chi connectivity index (χ2v) is 5.26. The summed E-state index contributed by atoms with van der Waals surface area (Å²) >= 11 is 0. The number of aryl methyl sites for hydroxylation is 1. The van der Waals surface area contributed by atoms with Crippen molar-refractivity contribution in [2.45, 2.75) is 51.9 Å². The smallest absolute Gasteiger partial charge is 0.0346 e. The molecule has 0 saturated heterocycles. The van der Waals surface area contributed by atoms with Crippen LogP contribution in [0.4, 0.5) is 5.69 Å². The summed E-state index contributed by atoms with van der Waals surface area (Å²) in [5, 5.41) is 0. The normalized spacial score (nSPS) is 18.3. The third-order valence-electron chi connectivity index (χ3n) is 3.78. The van der Waals surface area contributed by atoms with Crippen molar-refractivity contribution in [3.05, 3.63) is 29.3 Å². The molecule has 1 aromatic rings. The Balaban J connectivity index is 2.04. The van der Waals surface area contributed by atoms with E-state index in [1.54, 1.807) is 0 Å². The maximum Gasteiger partial charge on any atom is 0.0346 e. The summed E-state index contributed by atoms with van der Waals surface area (Å²) in [6, 6.07) is 6.42. The van der Waals surface area contributed by atoms with Gasteiger partial charge in [0.25, 0.3) is 0 Å². The number of anilines is 1. The van der Waals surface area contributed by atoms with Crippen molar-refractivity contribution in [1.82, 2.24) is 0 Å². The van der Waals surface area contributed by atoms with Crippen molar-refractivity contribution in [1.29, 1.82) is 0 Å². The summed E-state index contributed by atoms with van der Waals surface area (Å²) in [4.78, 5) is 0. The maximum atomic E-state index is 6.05. The summed E-state index contributed by atoms with van der Waals surface area (Å²) in [5.74, 6) is 0.867. The van der Waals surface area contributed by atoms with Gasteiger partial charge in [0.05, 0.1) is 0 Å². The molecule has 1 fully saturated rings. The zero-order valence-electron chi connectivity index (χ0n) is 10.3. The highest BCUT2D eigenvalue weighted by molar-refractivity contribution is 5.48. The number of nitrogens with two attached hydrogens (primary N) is 1. The van der Waals surface area contributed by atoms with Crippen molar-refractivity contribution in [2.75, 3.05) is 5.73 Å². The molecule has 1 aliphatic rings. The molecule has 0 heterocycles. The molecule has 1 heteroatoms. The molecule has 0 amide bonds. The van der Waals surface area contributed by atoms with Crippen LogP contribution in [-0.4, -0.2) is 0 Å². The summed E-state index contributed by atoms with van der Waals surface area (Å²) in [7, 11) is 0. The van der Waals surface area contributed by atoms with Gasteiger partial charge in [0.2, 0.25) is 0 Å². The predicted molar refractivity (Wildman–Crippen MR) is 70.5 cm³/mol. The van der Waals surface area contributed by atoms with Gasteiger partial charge in [-0.3, -0.25) is 0 Å². The molecule has 0 aromatic heterocycles. The molecular weight excluding hydrogens is 194 g/mol. The molecule has 88 valence electrons. The molecule has 2 rings (SSSR count). The second kappa shape index (κ2) is 5.38. The molecule has 2 N–H and O–H groups in total. The number of rotatable bonds is 2. The van der Waals surface area contributed by atoms with E-state index in [1.165, 1.54) is 56.1 Å². The van der Waals surface area contributed by atoms with E-state index in [-0.39, 0.29) is 0 Å². The molecule has 0 atom stereocenters. The minimum Gasteiger partial charge on any atom is -0.399 e. The molecule has 0 aliphatic heterocycles. The SMILES string of the molecule is Cc1ccc(N)c(CC2CCCCCC2)c1. The van der Waals surface area contributed by atoms with Crippen molar-refractivity contribution in [3.8, 4) is 0 Å². The lowest BCUT2D eigenvalue weighted by Crippen LogP contribution is -2.05. The summed E-state index contributed by atoms with van der Waals surface area (Å²) in [6.45, 7) is 2.15. The van der Waals surface area contributed by atoms with Crippen LogP contribution in [0.5, 0.6) is 0 Å². The molecule has 1 nitrogen and oxygen atoms in total. The predicted octanol–water partition coefficient (Wildman–Crippen LogP) is 4.09. The first-order valence-corrected chi connectivity index (χ1v) is 6.61. The molecule has 0 radical (unpaired) electrons. The van der Waals surface area contributed by atoms with Crippen molar-refractivity contribution in [2.24, 2.45) is 5.92 Å². The Labute approximate surface area is 99.0 Å². The molecule has 0 unspecified atom stereocenters. The van der Waals surface area contributed by atoms with Crippen LogP contribution in [-0.2, 0) is 6.42 Å². The highest BCUT2D eigenvalue weighted by Crippen LogP contribution is 2.28. The van der Waals surface area contributed by atoms with Crippen molar-refractivity contribution < 1.29 is 0 Å². The Morgan fingerprint density at radius 1 is 1.12 bits per heavy atom. The lowest BCUT2D eigenvalue weighted by atomic mass is 9.91. The van der Waals surface area contributed by atoms with Crippen LogP contribution in [0.2, 0.25) is 0 Å². The summed E-state index contributed by atoms with van der Waals surface area (Å²) in [5.41, 5.74) is 9.73. The quantitative estimate of drug-likeness (QED) is 0.586. The number of benzene rings is 1. The van der Waals surface area contributed by atoms with Gasteiger partial charge in [0.1, 0.15) is 0 Å². The van der Waals surface area contributed by atoms with Gasteiger partial charge in [-0.1, -0.05) is 56.2 Å². The summed E-state index contributed by atoms with van der Waals surface area (Å²) < 4.78 is 0. The lowest BCUT2D eigenvalue weighted by molar-refractivity contribution is 0.458. The van der Waals surface area contributed by atoms with Crippen LogP contribution < -0.4 is 5.73 Å². The standard InChI is InChI=1S/C15H23N/c1-12-8-9-15(16)14(10-12)11-13-6-4-2-3-5-7-13/h8-10,13H,2-7,11,16H2,1H3. The van der Waals surface area contributed by atoms with Crippen LogP contribution in [0.3, 0.4) is 0 Å².